The molecule has 0 bridgehead atoms. The van der Waals surface area contributed by atoms with Gasteiger partial charge in [0.15, 0.2) is 0 Å². The minimum Gasteiger partial charge on any atom is -0.478 e. The van der Waals surface area contributed by atoms with Crippen LogP contribution in [0.25, 0.3) is 6.08 Å². The summed E-state index contributed by atoms with van der Waals surface area (Å²) in [6.07, 6.45) is 6.12. The van der Waals surface area contributed by atoms with Crippen molar-refractivity contribution in [3.05, 3.63) is 58.8 Å². The molecule has 1 aromatic heterocycles. The largest absolute Gasteiger partial charge is 0.478 e. The monoisotopic (exact) mass is 382 g/mol. The fourth-order valence-corrected chi connectivity index (χ4v) is 3.01. The lowest BCUT2D eigenvalue weighted by atomic mass is 10.1. The number of nitrogens with zero attached hydrogens (tertiary/aromatic N) is 3. The number of amides is 3. The van der Waals surface area contributed by atoms with Gasteiger partial charge in [0.1, 0.15) is 11.5 Å². The van der Waals surface area contributed by atoms with Gasteiger partial charge in [0, 0.05) is 20.0 Å². The zero-order chi connectivity index (χ0) is 20.3. The van der Waals surface area contributed by atoms with E-state index < -0.39 is 17.9 Å². The third kappa shape index (κ3) is 3.95. The molecule has 28 heavy (non-hydrogen) atoms. The number of imide groups is 1. The van der Waals surface area contributed by atoms with Crippen molar-refractivity contribution in [1.82, 2.24) is 19.8 Å². The highest BCUT2D eigenvalue weighted by atomic mass is 16.4. The smallest absolute Gasteiger partial charge is 0.335 e. The zero-order valence-corrected chi connectivity index (χ0v) is 15.8. The summed E-state index contributed by atoms with van der Waals surface area (Å²) in [5, 5.41) is 11.3. The number of benzene rings is 1. The van der Waals surface area contributed by atoms with E-state index in [4.69, 9.17) is 5.11 Å². The van der Waals surface area contributed by atoms with Gasteiger partial charge in [0.25, 0.3) is 5.91 Å². The Morgan fingerprint density at radius 1 is 1.25 bits per heavy atom. The number of aryl methyl sites for hydroxylation is 1. The number of hydrogen-bond acceptors (Lipinski definition) is 4. The molecule has 0 radical (unpaired) electrons. The number of carbonyl (C=O) groups excluding carboxylic acids is 2. The molecule has 1 aromatic carbocycles. The van der Waals surface area contributed by atoms with Crippen LogP contribution in [-0.2, 0) is 17.8 Å². The average Bonchev–Trinajstić information content (AvgIpc) is 3.15. The molecule has 8 heteroatoms. The Kier molecular flexibility index (Phi) is 5.58. The Hall–Kier alpha value is -3.42. The first-order chi connectivity index (χ1) is 13.4. The summed E-state index contributed by atoms with van der Waals surface area (Å²) in [6, 6.07) is 6.20. The second-order valence-electron chi connectivity index (χ2n) is 6.64. The van der Waals surface area contributed by atoms with Crippen LogP contribution in [0.15, 0.2) is 36.2 Å². The van der Waals surface area contributed by atoms with Crippen molar-refractivity contribution in [3.63, 3.8) is 0 Å². The van der Waals surface area contributed by atoms with Crippen LogP contribution < -0.4 is 5.32 Å². The lowest BCUT2D eigenvalue weighted by Crippen LogP contribution is -2.24. The van der Waals surface area contributed by atoms with Crippen molar-refractivity contribution in [2.75, 3.05) is 7.05 Å². The van der Waals surface area contributed by atoms with Gasteiger partial charge in [0.2, 0.25) is 0 Å². The van der Waals surface area contributed by atoms with E-state index in [-0.39, 0.29) is 11.3 Å². The van der Waals surface area contributed by atoms with Gasteiger partial charge in [-0.2, -0.15) is 0 Å². The summed E-state index contributed by atoms with van der Waals surface area (Å²) in [7, 11) is 1.54. The summed E-state index contributed by atoms with van der Waals surface area (Å²) < 4.78 is 1.99. The Balaban J connectivity index is 1.95. The summed E-state index contributed by atoms with van der Waals surface area (Å²) in [4.78, 5) is 40.5. The lowest BCUT2D eigenvalue weighted by molar-refractivity contribution is -0.115. The quantitative estimate of drug-likeness (QED) is 0.565. The van der Waals surface area contributed by atoms with Crippen LogP contribution in [0, 0.1) is 0 Å². The maximum atomic E-state index is 12.0. The molecule has 3 amide bonds. The molecule has 0 saturated carbocycles. The minimum absolute atomic E-state index is 0.227. The number of hydrogen-bond donors (Lipinski definition) is 2. The number of unbranched alkanes of at least 4 members (excludes halogenated alkanes) is 1. The first-order valence-electron chi connectivity index (χ1n) is 9.08. The number of carboxylic acids is 1. The van der Waals surface area contributed by atoms with Gasteiger partial charge >= 0.3 is 12.0 Å². The summed E-state index contributed by atoms with van der Waals surface area (Å²) in [5.74, 6) is -0.534. The number of urea groups is 1. The predicted octanol–water partition coefficient (Wildman–Crippen LogP) is 2.49. The first-order valence-corrected chi connectivity index (χ1v) is 9.08. The van der Waals surface area contributed by atoms with E-state index in [1.807, 2.05) is 4.57 Å². The van der Waals surface area contributed by atoms with Crippen LogP contribution in [0.1, 0.15) is 47.2 Å². The van der Waals surface area contributed by atoms with Crippen LogP contribution in [0.5, 0.6) is 0 Å². The van der Waals surface area contributed by atoms with Crippen LogP contribution in [0.3, 0.4) is 0 Å². The van der Waals surface area contributed by atoms with Crippen LogP contribution in [0.4, 0.5) is 4.79 Å². The molecule has 1 fully saturated rings. The van der Waals surface area contributed by atoms with E-state index in [0.29, 0.717) is 12.2 Å². The normalized spacial score (nSPS) is 15.4. The van der Waals surface area contributed by atoms with E-state index in [1.54, 1.807) is 36.5 Å². The molecular weight excluding hydrogens is 360 g/mol. The maximum absolute atomic E-state index is 12.0. The Morgan fingerprint density at radius 3 is 2.54 bits per heavy atom. The highest BCUT2D eigenvalue weighted by Gasteiger charge is 2.30. The summed E-state index contributed by atoms with van der Waals surface area (Å²) in [6.45, 7) is 2.58. The molecule has 0 spiro atoms. The molecule has 1 aliphatic heterocycles. The first kappa shape index (κ1) is 19.3. The molecule has 146 valence electrons. The number of aromatic nitrogens is 2. The zero-order valence-electron chi connectivity index (χ0n) is 15.8. The molecule has 1 saturated heterocycles. The van der Waals surface area contributed by atoms with Gasteiger partial charge in [-0.25, -0.2) is 14.6 Å². The third-order valence-electron chi connectivity index (χ3n) is 4.67. The third-order valence-corrected chi connectivity index (χ3v) is 4.67. The molecule has 2 heterocycles. The average molecular weight is 382 g/mol. The second-order valence-corrected chi connectivity index (χ2v) is 6.64. The number of carbonyl (C=O) groups is 3. The van der Waals surface area contributed by atoms with Gasteiger partial charge in [-0.1, -0.05) is 25.5 Å². The Bertz CT molecular complexity index is 944. The van der Waals surface area contributed by atoms with E-state index in [2.05, 4.69) is 17.2 Å². The molecule has 0 atom stereocenters. The van der Waals surface area contributed by atoms with Crippen molar-refractivity contribution < 1.29 is 19.5 Å². The molecule has 2 aromatic rings. The van der Waals surface area contributed by atoms with E-state index >= 15 is 0 Å². The van der Waals surface area contributed by atoms with Crippen molar-refractivity contribution in [3.8, 4) is 0 Å². The number of imidazole rings is 1. The molecule has 0 aliphatic carbocycles. The highest BCUT2D eigenvalue weighted by molar-refractivity contribution is 6.13. The van der Waals surface area contributed by atoms with Gasteiger partial charge in [-0.05, 0) is 30.2 Å². The van der Waals surface area contributed by atoms with Crippen molar-refractivity contribution >= 4 is 24.0 Å². The van der Waals surface area contributed by atoms with Gasteiger partial charge in [0.05, 0.1) is 17.5 Å². The van der Waals surface area contributed by atoms with Crippen LogP contribution >= 0.6 is 0 Å². The second kappa shape index (κ2) is 8.08. The molecule has 2 N–H and O–H groups in total. The van der Waals surface area contributed by atoms with E-state index in [1.165, 1.54) is 11.9 Å². The van der Waals surface area contributed by atoms with Crippen molar-refractivity contribution in [2.45, 2.75) is 32.7 Å². The Morgan fingerprint density at radius 2 is 1.96 bits per heavy atom. The summed E-state index contributed by atoms with van der Waals surface area (Å²) in [5.41, 5.74) is 2.11. The SMILES string of the molecule is CCCCc1ncc(C=C2C(=O)NC(=O)N2C)n1Cc1ccc(C(=O)O)cc1. The standard InChI is InChI=1S/C20H22N4O4/c1-3-4-5-17-21-11-15(10-16-18(25)22-20(28)23(16)2)24(17)12-13-6-8-14(9-7-13)19(26)27/h6-11H,3-5,12H2,1-2H3,(H,26,27)(H,22,25,28). The van der Waals surface area contributed by atoms with Crippen LogP contribution in [-0.4, -0.2) is 44.5 Å². The Labute approximate surface area is 162 Å². The number of carboxylic acid groups (broad SMARTS) is 1. The highest BCUT2D eigenvalue weighted by Crippen LogP contribution is 2.19. The minimum atomic E-state index is -0.969. The lowest BCUT2D eigenvalue weighted by Gasteiger charge is -2.12. The number of aromatic carboxylic acids is 1. The van der Waals surface area contributed by atoms with Gasteiger partial charge in [-0.15, -0.1) is 0 Å². The number of likely N-dealkylation sites (N-methyl/N-ethyl adjacent to an activating group) is 1. The maximum Gasteiger partial charge on any atom is 0.335 e. The number of nitrogens with one attached hydrogen (secondary N) is 1. The molecule has 0 unspecified atom stereocenters. The van der Waals surface area contributed by atoms with Gasteiger partial charge < -0.3 is 9.67 Å². The molecule has 1 aliphatic rings. The molecule has 8 nitrogen and oxygen atoms in total. The fourth-order valence-electron chi connectivity index (χ4n) is 3.01. The fraction of sp³-hybridized carbons (Fsp3) is 0.300. The van der Waals surface area contributed by atoms with Gasteiger partial charge in [-0.3, -0.25) is 15.0 Å². The van der Waals surface area contributed by atoms with Crippen LogP contribution in [0.2, 0.25) is 0 Å². The molecular formula is C20H22N4O4. The summed E-state index contributed by atoms with van der Waals surface area (Å²) >= 11 is 0. The topological polar surface area (TPSA) is 105 Å². The number of rotatable bonds is 7. The van der Waals surface area contributed by atoms with Crippen molar-refractivity contribution in [1.29, 1.82) is 0 Å². The van der Waals surface area contributed by atoms with Crippen molar-refractivity contribution in [2.24, 2.45) is 0 Å². The predicted molar refractivity (Wildman–Crippen MR) is 103 cm³/mol. The molecule has 3 rings (SSSR count). The van der Waals surface area contributed by atoms with E-state index in [0.717, 1.165) is 30.7 Å². The van der Waals surface area contributed by atoms with E-state index in [9.17, 15) is 14.4 Å².